The fourth-order valence-corrected chi connectivity index (χ4v) is 3.82. The van der Waals surface area contributed by atoms with Gasteiger partial charge in [-0.1, -0.05) is 19.1 Å². The van der Waals surface area contributed by atoms with Crippen molar-refractivity contribution in [3.8, 4) is 0 Å². The van der Waals surface area contributed by atoms with Gasteiger partial charge in [-0.25, -0.2) is 8.42 Å². The molecule has 0 aliphatic carbocycles. The maximum absolute atomic E-state index is 12.3. The van der Waals surface area contributed by atoms with Crippen LogP contribution >= 0.6 is 12.4 Å². The summed E-state index contributed by atoms with van der Waals surface area (Å²) in [6.45, 7) is 5.42. The standard InChI is InChI=1S/C13H20N2O2S.ClH/c1-2-11-18(16,17)13-6-4-3-5-12(13)15-9-7-14-8-10-15;/h3-6,14H,2,7-11H2,1H3;1H. The summed E-state index contributed by atoms with van der Waals surface area (Å²) < 4.78 is 24.5. The summed E-state index contributed by atoms with van der Waals surface area (Å²) in [5.74, 6) is 0.218. The Labute approximate surface area is 121 Å². The zero-order chi connectivity index (χ0) is 13.0. The van der Waals surface area contributed by atoms with Crippen LogP contribution in [0.25, 0.3) is 0 Å². The lowest BCUT2D eigenvalue weighted by atomic mass is 10.2. The van der Waals surface area contributed by atoms with Crippen molar-refractivity contribution in [3.63, 3.8) is 0 Å². The molecule has 1 heterocycles. The van der Waals surface area contributed by atoms with Gasteiger partial charge in [-0.15, -0.1) is 12.4 Å². The number of piperazine rings is 1. The van der Waals surface area contributed by atoms with E-state index in [4.69, 9.17) is 0 Å². The SMILES string of the molecule is CCCS(=O)(=O)c1ccccc1N1CCNCC1.Cl. The van der Waals surface area contributed by atoms with Gasteiger partial charge >= 0.3 is 0 Å². The van der Waals surface area contributed by atoms with Crippen molar-refractivity contribution in [1.29, 1.82) is 0 Å². The Hall–Kier alpha value is -0.780. The topological polar surface area (TPSA) is 49.4 Å². The van der Waals surface area contributed by atoms with Gasteiger partial charge in [-0.3, -0.25) is 0 Å². The number of nitrogens with zero attached hydrogens (tertiary/aromatic N) is 1. The number of hydrogen-bond donors (Lipinski definition) is 1. The first-order valence-corrected chi connectivity index (χ1v) is 8.08. The molecule has 0 bridgehead atoms. The average molecular weight is 305 g/mol. The number of anilines is 1. The van der Waals surface area contributed by atoms with E-state index in [0.29, 0.717) is 11.3 Å². The van der Waals surface area contributed by atoms with Crippen LogP contribution in [-0.2, 0) is 9.84 Å². The van der Waals surface area contributed by atoms with Crippen LogP contribution in [0, 0.1) is 0 Å². The van der Waals surface area contributed by atoms with E-state index in [-0.39, 0.29) is 18.2 Å². The van der Waals surface area contributed by atoms with E-state index in [2.05, 4.69) is 10.2 Å². The fourth-order valence-electron chi connectivity index (χ4n) is 2.27. The first kappa shape index (κ1) is 16.3. The molecule has 108 valence electrons. The Morgan fingerprint density at radius 1 is 1.21 bits per heavy atom. The van der Waals surface area contributed by atoms with Gasteiger partial charge < -0.3 is 10.2 Å². The lowest BCUT2D eigenvalue weighted by molar-refractivity contribution is 0.579. The van der Waals surface area contributed by atoms with Gasteiger partial charge in [0.25, 0.3) is 0 Å². The van der Waals surface area contributed by atoms with Crippen molar-refractivity contribution >= 4 is 27.9 Å². The van der Waals surface area contributed by atoms with Crippen LogP contribution in [0.4, 0.5) is 5.69 Å². The van der Waals surface area contributed by atoms with Crippen LogP contribution in [0.3, 0.4) is 0 Å². The molecular formula is C13H21ClN2O2S. The number of benzene rings is 1. The second kappa shape index (κ2) is 7.12. The third-order valence-corrected chi connectivity index (χ3v) is 5.09. The molecule has 6 heteroatoms. The van der Waals surface area contributed by atoms with Crippen molar-refractivity contribution in [2.24, 2.45) is 0 Å². The first-order chi connectivity index (χ1) is 8.65. The lowest BCUT2D eigenvalue weighted by Crippen LogP contribution is -2.44. The van der Waals surface area contributed by atoms with Gasteiger partial charge in [0, 0.05) is 26.2 Å². The lowest BCUT2D eigenvalue weighted by Gasteiger charge is -2.30. The van der Waals surface area contributed by atoms with Crippen molar-refractivity contribution in [2.75, 3.05) is 36.8 Å². The molecule has 0 spiro atoms. The minimum absolute atomic E-state index is 0. The zero-order valence-corrected chi connectivity index (χ0v) is 12.8. The van der Waals surface area contributed by atoms with E-state index < -0.39 is 9.84 Å². The van der Waals surface area contributed by atoms with E-state index in [0.717, 1.165) is 31.9 Å². The van der Waals surface area contributed by atoms with Gasteiger partial charge in [0.1, 0.15) is 0 Å². The molecule has 19 heavy (non-hydrogen) atoms. The van der Waals surface area contributed by atoms with E-state index in [1.165, 1.54) is 0 Å². The normalized spacial score (nSPS) is 15.9. The van der Waals surface area contributed by atoms with E-state index in [1.54, 1.807) is 12.1 Å². The van der Waals surface area contributed by atoms with E-state index in [1.807, 2.05) is 19.1 Å². The Kier molecular flexibility index (Phi) is 6.10. The number of nitrogens with one attached hydrogen (secondary N) is 1. The Bertz CT molecular complexity index is 499. The maximum atomic E-state index is 12.3. The van der Waals surface area contributed by atoms with Gasteiger partial charge in [0.15, 0.2) is 9.84 Å². The molecule has 1 aromatic carbocycles. The summed E-state index contributed by atoms with van der Waals surface area (Å²) in [5, 5.41) is 3.28. The van der Waals surface area contributed by atoms with Crippen LogP contribution in [-0.4, -0.2) is 40.3 Å². The monoisotopic (exact) mass is 304 g/mol. The molecule has 0 radical (unpaired) electrons. The summed E-state index contributed by atoms with van der Waals surface area (Å²) in [6.07, 6.45) is 0.651. The second-order valence-electron chi connectivity index (χ2n) is 4.52. The zero-order valence-electron chi connectivity index (χ0n) is 11.1. The van der Waals surface area contributed by atoms with Crippen LogP contribution in [0.1, 0.15) is 13.3 Å². The maximum Gasteiger partial charge on any atom is 0.180 e. The molecule has 0 amide bonds. The second-order valence-corrected chi connectivity index (χ2v) is 6.60. The summed E-state index contributed by atoms with van der Waals surface area (Å²) in [7, 11) is -3.15. The predicted octanol–water partition coefficient (Wildman–Crippen LogP) is 1.70. The van der Waals surface area contributed by atoms with E-state index in [9.17, 15) is 8.42 Å². The summed E-state index contributed by atoms with van der Waals surface area (Å²) in [5.41, 5.74) is 0.854. The molecule has 0 atom stereocenters. The smallest absolute Gasteiger partial charge is 0.180 e. The molecule has 1 aliphatic rings. The Morgan fingerprint density at radius 2 is 1.84 bits per heavy atom. The number of hydrogen-bond acceptors (Lipinski definition) is 4. The molecule has 2 rings (SSSR count). The molecule has 1 saturated heterocycles. The first-order valence-electron chi connectivity index (χ1n) is 6.42. The highest BCUT2D eigenvalue weighted by molar-refractivity contribution is 7.91. The largest absolute Gasteiger partial charge is 0.368 e. The number of halogens is 1. The minimum Gasteiger partial charge on any atom is -0.368 e. The van der Waals surface area contributed by atoms with Crippen molar-refractivity contribution < 1.29 is 8.42 Å². The van der Waals surface area contributed by atoms with E-state index >= 15 is 0 Å². The molecule has 4 nitrogen and oxygen atoms in total. The predicted molar refractivity (Wildman–Crippen MR) is 81.1 cm³/mol. The fraction of sp³-hybridized carbons (Fsp3) is 0.538. The minimum atomic E-state index is -3.15. The van der Waals surface area contributed by atoms with Crippen molar-refractivity contribution in [1.82, 2.24) is 5.32 Å². The van der Waals surface area contributed by atoms with Gasteiger partial charge in [0.2, 0.25) is 0 Å². The highest BCUT2D eigenvalue weighted by Gasteiger charge is 2.21. The molecule has 0 aromatic heterocycles. The van der Waals surface area contributed by atoms with Gasteiger partial charge in [-0.2, -0.15) is 0 Å². The van der Waals surface area contributed by atoms with Crippen molar-refractivity contribution in [3.05, 3.63) is 24.3 Å². The Balaban J connectivity index is 0.00000180. The van der Waals surface area contributed by atoms with Gasteiger partial charge in [0.05, 0.1) is 16.3 Å². The van der Waals surface area contributed by atoms with Crippen LogP contribution in [0.2, 0.25) is 0 Å². The molecule has 1 aromatic rings. The third-order valence-electron chi connectivity index (χ3n) is 3.13. The average Bonchev–Trinajstić information content (AvgIpc) is 2.40. The number of rotatable bonds is 4. The number of sulfone groups is 1. The molecule has 1 fully saturated rings. The number of para-hydroxylation sites is 1. The van der Waals surface area contributed by atoms with Crippen LogP contribution < -0.4 is 10.2 Å². The highest BCUT2D eigenvalue weighted by atomic mass is 35.5. The molecular weight excluding hydrogens is 284 g/mol. The quantitative estimate of drug-likeness (QED) is 0.920. The molecule has 0 unspecified atom stereocenters. The van der Waals surface area contributed by atoms with Crippen molar-refractivity contribution in [2.45, 2.75) is 18.2 Å². The highest BCUT2D eigenvalue weighted by Crippen LogP contribution is 2.26. The molecule has 1 aliphatic heterocycles. The Morgan fingerprint density at radius 3 is 2.47 bits per heavy atom. The van der Waals surface area contributed by atoms with Crippen LogP contribution in [0.5, 0.6) is 0 Å². The summed E-state index contributed by atoms with van der Waals surface area (Å²) in [6, 6.07) is 7.34. The summed E-state index contributed by atoms with van der Waals surface area (Å²) >= 11 is 0. The third kappa shape index (κ3) is 3.84. The molecule has 1 N–H and O–H groups in total. The van der Waals surface area contributed by atoms with Crippen LogP contribution in [0.15, 0.2) is 29.2 Å². The summed E-state index contributed by atoms with van der Waals surface area (Å²) in [4.78, 5) is 2.63. The molecule has 0 saturated carbocycles. The van der Waals surface area contributed by atoms with Gasteiger partial charge in [-0.05, 0) is 18.6 Å².